The van der Waals surface area contributed by atoms with Crippen LogP contribution in [0.5, 0.6) is 0 Å². The Morgan fingerprint density at radius 1 is 1.33 bits per heavy atom. The molecule has 27 heavy (non-hydrogen) atoms. The van der Waals surface area contributed by atoms with Crippen LogP contribution in [0.4, 0.5) is 5.69 Å². The van der Waals surface area contributed by atoms with Gasteiger partial charge >= 0.3 is 0 Å². The Kier molecular flexibility index (Phi) is 6.55. The van der Waals surface area contributed by atoms with Crippen molar-refractivity contribution in [2.45, 2.75) is 39.3 Å². The highest BCUT2D eigenvalue weighted by Crippen LogP contribution is 2.27. The number of nitrogens with one attached hydrogen (secondary N) is 2. The maximum absolute atomic E-state index is 6.38. The molecule has 1 unspecified atom stereocenters. The number of aliphatic imine (C=N–C) groups is 1. The summed E-state index contributed by atoms with van der Waals surface area (Å²) in [5.74, 6) is 2.55. The summed E-state index contributed by atoms with van der Waals surface area (Å²) in [5, 5.41) is 16.0. The number of hydrogen-bond acceptors (Lipinski definition) is 4. The summed E-state index contributed by atoms with van der Waals surface area (Å²) < 4.78 is 1.97. The Morgan fingerprint density at radius 3 is 2.85 bits per heavy atom. The van der Waals surface area contributed by atoms with E-state index in [1.165, 1.54) is 0 Å². The predicted octanol–water partition coefficient (Wildman–Crippen LogP) is 2.50. The zero-order chi connectivity index (χ0) is 19.2. The summed E-state index contributed by atoms with van der Waals surface area (Å²) >= 11 is 6.38. The van der Waals surface area contributed by atoms with Crippen molar-refractivity contribution in [2.75, 3.05) is 24.5 Å². The van der Waals surface area contributed by atoms with E-state index in [9.17, 15) is 0 Å². The maximum Gasteiger partial charge on any atom is 0.191 e. The van der Waals surface area contributed by atoms with Crippen LogP contribution in [-0.2, 0) is 13.6 Å². The molecule has 146 valence electrons. The average Bonchev–Trinajstić information content (AvgIpc) is 2.99. The zero-order valence-corrected chi connectivity index (χ0v) is 17.0. The molecule has 8 heteroatoms. The van der Waals surface area contributed by atoms with E-state index in [1.54, 1.807) is 0 Å². The van der Waals surface area contributed by atoms with E-state index in [1.807, 2.05) is 36.7 Å². The molecule has 0 aliphatic carbocycles. The number of hydrogen-bond donors (Lipinski definition) is 2. The summed E-state index contributed by atoms with van der Waals surface area (Å²) in [7, 11) is 1.96. The average molecular weight is 390 g/mol. The lowest BCUT2D eigenvalue weighted by atomic mass is 10.0. The van der Waals surface area contributed by atoms with Crippen molar-refractivity contribution < 1.29 is 0 Å². The molecule has 1 fully saturated rings. The molecule has 7 nitrogen and oxygen atoms in total. The van der Waals surface area contributed by atoms with Crippen LogP contribution in [-0.4, -0.2) is 46.4 Å². The van der Waals surface area contributed by atoms with E-state index < -0.39 is 0 Å². The van der Waals surface area contributed by atoms with Gasteiger partial charge < -0.3 is 20.1 Å². The molecule has 1 aliphatic heterocycles. The van der Waals surface area contributed by atoms with Crippen LogP contribution >= 0.6 is 11.6 Å². The molecule has 0 spiro atoms. The van der Waals surface area contributed by atoms with Crippen LogP contribution in [0.1, 0.15) is 31.4 Å². The second kappa shape index (κ2) is 9.08. The minimum absolute atomic E-state index is 0.314. The molecule has 2 heterocycles. The Bertz CT molecular complexity index is 786. The number of nitrogens with zero attached hydrogens (tertiary/aromatic N) is 5. The lowest BCUT2D eigenvalue weighted by Gasteiger charge is -2.35. The number of rotatable bonds is 5. The van der Waals surface area contributed by atoms with E-state index in [-0.39, 0.29) is 0 Å². The highest BCUT2D eigenvalue weighted by atomic mass is 35.5. The van der Waals surface area contributed by atoms with Gasteiger partial charge in [0, 0.05) is 32.7 Å². The molecular formula is C19H28ClN7. The second-order valence-electron chi connectivity index (χ2n) is 6.80. The largest absolute Gasteiger partial charge is 0.368 e. The van der Waals surface area contributed by atoms with Crippen LogP contribution in [0.25, 0.3) is 0 Å². The molecule has 1 aromatic carbocycles. The van der Waals surface area contributed by atoms with Crippen LogP contribution in [0.2, 0.25) is 5.02 Å². The smallest absolute Gasteiger partial charge is 0.191 e. The molecule has 2 aromatic rings. The number of piperidine rings is 1. The molecule has 0 bridgehead atoms. The molecule has 1 aliphatic rings. The number of aryl methyl sites for hydroxylation is 1. The normalized spacial score (nSPS) is 17.9. The molecule has 0 amide bonds. The quantitative estimate of drug-likeness (QED) is 0.607. The van der Waals surface area contributed by atoms with Crippen molar-refractivity contribution in [2.24, 2.45) is 12.0 Å². The van der Waals surface area contributed by atoms with Crippen molar-refractivity contribution in [3.8, 4) is 0 Å². The second-order valence-corrected chi connectivity index (χ2v) is 7.21. The lowest BCUT2D eigenvalue weighted by Crippen LogP contribution is -2.51. The lowest BCUT2D eigenvalue weighted by molar-refractivity contribution is 0.468. The van der Waals surface area contributed by atoms with Gasteiger partial charge in [0.05, 0.1) is 10.7 Å². The highest BCUT2D eigenvalue weighted by molar-refractivity contribution is 6.33. The molecule has 3 rings (SSSR count). The first kappa shape index (κ1) is 19.5. The van der Waals surface area contributed by atoms with E-state index in [2.05, 4.69) is 38.7 Å². The van der Waals surface area contributed by atoms with Gasteiger partial charge in [0.25, 0.3) is 0 Å². The van der Waals surface area contributed by atoms with Crippen molar-refractivity contribution >= 4 is 23.2 Å². The van der Waals surface area contributed by atoms with Gasteiger partial charge in [0.15, 0.2) is 11.8 Å². The van der Waals surface area contributed by atoms with Gasteiger partial charge in [0.1, 0.15) is 12.4 Å². The van der Waals surface area contributed by atoms with E-state index in [0.717, 1.165) is 60.8 Å². The first-order valence-corrected chi connectivity index (χ1v) is 9.85. The fraction of sp³-hybridized carbons (Fsp3) is 0.526. The summed E-state index contributed by atoms with van der Waals surface area (Å²) in [6.45, 7) is 7.23. The van der Waals surface area contributed by atoms with Crippen LogP contribution in [0, 0.1) is 6.92 Å². The zero-order valence-electron chi connectivity index (χ0n) is 16.2. The number of anilines is 1. The Balaban J connectivity index is 1.66. The van der Waals surface area contributed by atoms with Crippen molar-refractivity contribution in [1.29, 1.82) is 0 Å². The van der Waals surface area contributed by atoms with Gasteiger partial charge in [-0.15, -0.1) is 10.2 Å². The molecule has 0 saturated carbocycles. The SMILES string of the molecule is CCNC(=NCc1nnc(C)n1C)NC1CCCN(c2ccccc2Cl)C1. The summed E-state index contributed by atoms with van der Waals surface area (Å²) in [6, 6.07) is 8.35. The molecular weight excluding hydrogens is 362 g/mol. The first-order valence-electron chi connectivity index (χ1n) is 9.47. The van der Waals surface area contributed by atoms with Crippen molar-refractivity contribution in [1.82, 2.24) is 25.4 Å². The topological polar surface area (TPSA) is 70.4 Å². The number of halogens is 1. The standard InChI is InChI=1S/C19H28ClN7/c1-4-21-19(22-12-18-25-24-14(2)26(18)3)23-15-8-7-11-27(13-15)17-10-6-5-9-16(17)20/h5-6,9-10,15H,4,7-8,11-13H2,1-3H3,(H2,21,22,23). The summed E-state index contributed by atoms with van der Waals surface area (Å²) in [4.78, 5) is 7.04. The van der Waals surface area contributed by atoms with Crippen LogP contribution in [0.3, 0.4) is 0 Å². The van der Waals surface area contributed by atoms with Gasteiger partial charge in [-0.1, -0.05) is 23.7 Å². The molecule has 2 N–H and O–H groups in total. The number of aromatic nitrogens is 3. The van der Waals surface area contributed by atoms with Gasteiger partial charge in [-0.2, -0.15) is 0 Å². The van der Waals surface area contributed by atoms with Crippen LogP contribution in [0.15, 0.2) is 29.3 Å². The van der Waals surface area contributed by atoms with Crippen LogP contribution < -0.4 is 15.5 Å². The first-order chi connectivity index (χ1) is 13.1. The minimum atomic E-state index is 0.314. The third kappa shape index (κ3) is 4.91. The fourth-order valence-electron chi connectivity index (χ4n) is 3.27. The van der Waals surface area contributed by atoms with Crippen molar-refractivity contribution in [3.63, 3.8) is 0 Å². The van der Waals surface area contributed by atoms with E-state index in [4.69, 9.17) is 16.6 Å². The Hall–Kier alpha value is -2.28. The highest BCUT2D eigenvalue weighted by Gasteiger charge is 2.22. The number of guanidine groups is 1. The fourth-order valence-corrected chi connectivity index (χ4v) is 3.53. The van der Waals surface area contributed by atoms with E-state index in [0.29, 0.717) is 12.6 Å². The van der Waals surface area contributed by atoms with Gasteiger partial charge in [-0.3, -0.25) is 0 Å². The third-order valence-corrected chi connectivity index (χ3v) is 5.18. The maximum atomic E-state index is 6.38. The molecule has 1 saturated heterocycles. The monoisotopic (exact) mass is 389 g/mol. The van der Waals surface area contributed by atoms with Gasteiger partial charge in [-0.25, -0.2) is 4.99 Å². The summed E-state index contributed by atoms with van der Waals surface area (Å²) in [6.07, 6.45) is 2.22. The van der Waals surface area contributed by atoms with Gasteiger partial charge in [-0.05, 0) is 38.8 Å². The van der Waals surface area contributed by atoms with Gasteiger partial charge in [0.2, 0.25) is 0 Å². The number of para-hydroxylation sites is 1. The molecule has 1 atom stereocenters. The third-order valence-electron chi connectivity index (χ3n) is 4.86. The molecule has 1 aromatic heterocycles. The van der Waals surface area contributed by atoms with E-state index >= 15 is 0 Å². The van der Waals surface area contributed by atoms with Crippen molar-refractivity contribution in [3.05, 3.63) is 40.9 Å². The summed E-state index contributed by atoms with van der Waals surface area (Å²) in [5.41, 5.74) is 1.10. The predicted molar refractivity (Wildman–Crippen MR) is 110 cm³/mol. The number of benzene rings is 1. The minimum Gasteiger partial charge on any atom is -0.368 e. The molecule has 0 radical (unpaired) electrons. The Labute approximate surface area is 165 Å². The Morgan fingerprint density at radius 2 is 2.15 bits per heavy atom.